The number of likely N-dealkylation sites (tertiary alicyclic amines) is 2. The van der Waals surface area contributed by atoms with Crippen LogP contribution in [0.1, 0.15) is 74.1 Å². The average molecular weight is 1860 g/mol. The minimum absolute atomic E-state index is 0. The first-order valence-electron chi connectivity index (χ1n) is 25.1. The van der Waals surface area contributed by atoms with Gasteiger partial charge in [-0.3, -0.25) is 24.5 Å². The molecule has 4 aromatic rings. The van der Waals surface area contributed by atoms with Gasteiger partial charge in [0.2, 0.25) is 23.6 Å². The molecule has 19 nitrogen and oxygen atoms in total. The van der Waals surface area contributed by atoms with E-state index in [1.165, 1.54) is 31.3 Å². The summed E-state index contributed by atoms with van der Waals surface area (Å²) in [5.41, 5.74) is 3.47. The Morgan fingerprint density at radius 2 is 1.01 bits per heavy atom. The van der Waals surface area contributed by atoms with E-state index < -0.39 is 59.9 Å². The Bertz CT molecular complexity index is 2730. The van der Waals surface area contributed by atoms with Crippen LogP contribution in [0.3, 0.4) is 0 Å². The summed E-state index contributed by atoms with van der Waals surface area (Å²) in [6, 6.07) is 22.5. The number of hydrogen-bond acceptors (Lipinski definition) is 12. The SMILES string of the molecule is COC(=O)N[C@H](C(=O)N1CCC[C@H]1C(=O)Nc1ccc(-c2ccc3cc(NC(=O)OC(C)(C)C)ccc3c2)cc1)C(C)C.COC(=O)N[C@H](C(=O)N1CCC[C@H]1C(=O)Nc1ccc(B(O)O)cc1)C(C)C.[2H][V]([I])([I])[I].[B].[I][V]([I])[I]. The topological polar surface area (TPSA) is 254 Å². The van der Waals surface area contributed by atoms with Gasteiger partial charge in [-0.15, -0.1) is 0 Å². The van der Waals surface area contributed by atoms with Crippen LogP contribution in [-0.2, 0) is 43.1 Å². The molecule has 29 heteroatoms. The van der Waals surface area contributed by atoms with Crippen molar-refractivity contribution in [2.24, 2.45) is 11.8 Å². The zero-order valence-electron chi connectivity index (χ0n) is 46.5. The van der Waals surface area contributed by atoms with Crippen LogP contribution in [0.4, 0.5) is 31.4 Å². The molecule has 2 fully saturated rings. The first-order chi connectivity index (χ1) is 37.3. The van der Waals surface area contributed by atoms with E-state index in [9.17, 15) is 33.6 Å². The quantitative estimate of drug-likeness (QED) is 0.0375. The van der Waals surface area contributed by atoms with Crippen LogP contribution in [-0.4, -0.2) is 135 Å². The fraction of sp³-hybridized carbons (Fsp3) is 0.431. The van der Waals surface area contributed by atoms with Gasteiger partial charge in [0, 0.05) is 38.6 Å². The number of carbonyl (C=O) groups excluding carboxylic acids is 7. The summed E-state index contributed by atoms with van der Waals surface area (Å²) in [6.45, 7) is 13.6. The van der Waals surface area contributed by atoms with E-state index in [1.807, 2.05) is 89.2 Å². The molecule has 0 aromatic heterocycles. The third kappa shape index (κ3) is 26.0. The maximum absolute atomic E-state index is 13.3. The number of methoxy groups -OCH3 is 2. The van der Waals surface area contributed by atoms with Gasteiger partial charge in [-0.25, -0.2) is 14.4 Å². The van der Waals surface area contributed by atoms with Crippen molar-refractivity contribution >= 4 is 211 Å². The Balaban J connectivity index is 0.000000505. The Labute approximate surface area is 547 Å². The molecule has 2 saturated heterocycles. The number of nitrogens with one attached hydrogen (secondary N) is 5. The van der Waals surface area contributed by atoms with Crippen LogP contribution in [0.2, 0.25) is 0 Å². The normalized spacial score (nSPS) is 15.6. The number of benzene rings is 4. The number of fused-ring (bicyclic) bond motifs is 1. The van der Waals surface area contributed by atoms with Crippen molar-refractivity contribution in [2.75, 3.05) is 43.3 Å². The van der Waals surface area contributed by atoms with Gasteiger partial charge in [0.25, 0.3) is 0 Å². The monoisotopic (exact) mass is 1860 g/mol. The van der Waals surface area contributed by atoms with Crippen molar-refractivity contribution < 1.29 is 67.5 Å². The summed E-state index contributed by atoms with van der Waals surface area (Å²) in [5.74, 6) is -1.55. The van der Waals surface area contributed by atoms with Gasteiger partial charge in [-0.05, 0) is 128 Å². The molecular formula is C51H67B2I6N7O12V2. The summed E-state index contributed by atoms with van der Waals surface area (Å²) in [6.07, 6.45) is 0.573. The van der Waals surface area contributed by atoms with Gasteiger partial charge in [-0.2, -0.15) is 0 Å². The number of rotatable bonds is 13. The molecule has 80 heavy (non-hydrogen) atoms. The Morgan fingerprint density at radius 3 is 1.40 bits per heavy atom. The van der Waals surface area contributed by atoms with Gasteiger partial charge in [0.15, 0.2) is 0 Å². The van der Waals surface area contributed by atoms with Crippen molar-refractivity contribution in [3.63, 3.8) is 0 Å². The van der Waals surface area contributed by atoms with E-state index in [1.54, 1.807) is 30.9 Å². The fourth-order valence-corrected chi connectivity index (χ4v) is 8.22. The summed E-state index contributed by atoms with van der Waals surface area (Å²) < 4.78 is 19.9. The van der Waals surface area contributed by atoms with Gasteiger partial charge >= 0.3 is 156 Å². The molecule has 4 atom stereocenters. The van der Waals surface area contributed by atoms with Crippen LogP contribution in [0.25, 0.3) is 21.9 Å². The van der Waals surface area contributed by atoms with Crippen molar-refractivity contribution in [3.05, 3.63) is 84.9 Å². The van der Waals surface area contributed by atoms with Crippen molar-refractivity contribution in [3.8, 4) is 11.1 Å². The average Bonchev–Trinajstić information content (AvgIpc) is 4.18. The predicted molar refractivity (Wildman–Crippen MR) is 362 cm³/mol. The number of ether oxygens (including phenoxy) is 3. The molecule has 0 spiro atoms. The molecule has 0 bridgehead atoms. The molecule has 0 saturated carbocycles. The van der Waals surface area contributed by atoms with E-state index >= 15 is 0 Å². The third-order valence-corrected chi connectivity index (χ3v) is 11.9. The van der Waals surface area contributed by atoms with Crippen LogP contribution in [0, 0.1) is 11.8 Å². The second-order valence-electron chi connectivity index (χ2n) is 19.4. The molecule has 7 N–H and O–H groups in total. The van der Waals surface area contributed by atoms with E-state index in [2.05, 4.69) is 162 Å². The van der Waals surface area contributed by atoms with Crippen LogP contribution in [0.5, 0.6) is 0 Å². The number of amides is 7. The van der Waals surface area contributed by atoms with E-state index in [0.29, 0.717) is 61.3 Å². The minimum atomic E-state index is -1.72. The summed E-state index contributed by atoms with van der Waals surface area (Å²) in [5, 5.41) is 33.8. The first-order valence-corrected chi connectivity index (χ1v) is 51.7. The van der Waals surface area contributed by atoms with E-state index in [4.69, 9.17) is 15.7 Å². The van der Waals surface area contributed by atoms with Gasteiger partial charge in [0.05, 0.1) is 14.2 Å². The Kier molecular flexibility index (Phi) is 33.7. The zero-order valence-corrected chi connectivity index (χ0v) is 61.2. The van der Waals surface area contributed by atoms with Crippen LogP contribution >= 0.6 is 120 Å². The summed E-state index contributed by atoms with van der Waals surface area (Å²) in [4.78, 5) is 90.4. The number of carbonyl (C=O) groups is 7. The molecule has 436 valence electrons. The van der Waals surface area contributed by atoms with Gasteiger partial charge in [0.1, 0.15) is 29.8 Å². The Morgan fingerprint density at radius 1 is 0.637 bits per heavy atom. The molecule has 0 unspecified atom stereocenters. The molecular weight excluding hydrogens is 1790 g/mol. The number of anilines is 3. The second kappa shape index (κ2) is 37.1. The standard InChI is InChI=1S/C33H40N4O6.C18H26BN3O6.B.6HI.2V.H/c1-20(2)28(36-31(40)42-6)30(39)37-17-7-8-27(37)29(38)34-25-14-11-21(12-15-25)22-9-10-24-19-26(16-13-23(24)18-22)35-32(41)43-33(3,4)5;1-11(2)15(21-18(25)28-3)17(24)22-10-4-5-14(22)16(23)20-13-8-6-12(7-9-13)19(26)27;;;;;;;;;;/h9-16,18-20,27-28H,7-8,17H2,1-6H3,(H,34,38)(H,35,41)(H,36,40);6-9,11,14-15,26-27H,4-5,10H2,1-3H3,(H,20,23)(H,21,25);;6*1H;;;/q;;;;;;;;;2*+3;/p-6/t27-,28-;14-,15-;;;;;;;;;;/m00........../s1/i;;;;;;;;;;;1+1. The van der Waals surface area contributed by atoms with Gasteiger partial charge in [-0.1, -0.05) is 70.2 Å². The summed E-state index contributed by atoms with van der Waals surface area (Å²) in [7, 11) is 0.894. The second-order valence-corrected chi connectivity index (χ2v) is 90.2. The van der Waals surface area contributed by atoms with E-state index in [0.717, 1.165) is 21.9 Å². The molecule has 4 aromatic carbocycles. The van der Waals surface area contributed by atoms with Crippen molar-refractivity contribution in [2.45, 2.75) is 104 Å². The molecule has 0 aliphatic carbocycles. The predicted octanol–water partition coefficient (Wildman–Crippen LogP) is 10.5. The van der Waals surface area contributed by atoms with E-state index in [-0.39, 0.29) is 48.8 Å². The first kappa shape index (κ1) is 72.7. The van der Waals surface area contributed by atoms with Crippen LogP contribution in [0.15, 0.2) is 84.9 Å². The summed E-state index contributed by atoms with van der Waals surface area (Å²) >= 11 is 14.0. The van der Waals surface area contributed by atoms with Gasteiger partial charge < -0.3 is 55.3 Å². The molecule has 7 amide bonds. The fourth-order valence-electron chi connectivity index (χ4n) is 8.22. The maximum atomic E-state index is 13.3. The van der Waals surface area contributed by atoms with Crippen molar-refractivity contribution in [1.29, 1.82) is 0.879 Å². The number of nitrogens with zero attached hydrogens (tertiary/aromatic N) is 2. The molecule has 2 heterocycles. The number of hydrogen-bond donors (Lipinski definition) is 7. The molecule has 6 rings (SSSR count). The zero-order chi connectivity index (χ0) is 60.2. The third-order valence-electron chi connectivity index (χ3n) is 11.9. The molecule has 2 aliphatic rings. The van der Waals surface area contributed by atoms with Crippen LogP contribution < -0.4 is 32.0 Å². The van der Waals surface area contributed by atoms with Crippen molar-refractivity contribution in [1.82, 2.24) is 20.4 Å². The molecule has 2 aliphatic heterocycles. The molecule has 3 radical (unpaired) electrons. The Hall–Kier alpha value is -1.57. The number of halogens is 6. The number of alkyl carbamates (subject to hydrolysis) is 2.